The van der Waals surface area contributed by atoms with E-state index in [1.54, 1.807) is 11.8 Å². The normalized spacial score (nSPS) is 11.2. The summed E-state index contributed by atoms with van der Waals surface area (Å²) in [6, 6.07) is 14.1. The first kappa shape index (κ1) is 20.2. The molecule has 0 aliphatic heterocycles. The number of benzene rings is 2. The van der Waals surface area contributed by atoms with Crippen LogP contribution >= 0.6 is 11.3 Å². The number of rotatable bonds is 7. The van der Waals surface area contributed by atoms with Crippen molar-refractivity contribution in [2.75, 3.05) is 11.5 Å². The zero-order valence-corrected chi connectivity index (χ0v) is 17.9. The van der Waals surface area contributed by atoms with E-state index in [-0.39, 0.29) is 19.1 Å². The molecule has 4 rings (SSSR count). The monoisotopic (exact) mass is 422 g/mol. The molecule has 0 fully saturated rings. The maximum Gasteiger partial charge on any atom is 0.255 e. The molecule has 0 radical (unpaired) electrons. The first-order chi connectivity index (χ1) is 14.5. The van der Waals surface area contributed by atoms with Gasteiger partial charge < -0.3 is 9.26 Å². The van der Waals surface area contributed by atoms with E-state index in [2.05, 4.69) is 29.2 Å². The molecule has 1 amide bonds. The average molecular weight is 423 g/mol. The number of ether oxygens (including phenoxy) is 1. The van der Waals surface area contributed by atoms with Crippen molar-refractivity contribution in [3.05, 3.63) is 70.9 Å². The molecule has 4 aromatic rings. The molecular weight excluding hydrogens is 400 g/mol. The summed E-state index contributed by atoms with van der Waals surface area (Å²) in [7, 11) is 0. The standard InChI is InChI=1S/C22H22N4O3S/c1-14-9-15(2)21-18(10-14)30-22(24-21)26(11-17-7-5-4-6-8-17)20(27)13-28-12-19-23-16(3)25-29-19/h4-10H,11-13H2,1-3H3. The highest BCUT2D eigenvalue weighted by Gasteiger charge is 2.21. The van der Waals surface area contributed by atoms with Crippen LogP contribution in [0.2, 0.25) is 0 Å². The Morgan fingerprint density at radius 3 is 2.67 bits per heavy atom. The fraction of sp³-hybridized carbons (Fsp3) is 0.273. The van der Waals surface area contributed by atoms with Crippen LogP contribution in [0.4, 0.5) is 5.13 Å². The molecule has 0 N–H and O–H groups in total. The fourth-order valence-electron chi connectivity index (χ4n) is 3.21. The Morgan fingerprint density at radius 2 is 1.93 bits per heavy atom. The lowest BCUT2D eigenvalue weighted by atomic mass is 10.1. The minimum Gasteiger partial charge on any atom is -0.362 e. The zero-order chi connectivity index (χ0) is 21.1. The van der Waals surface area contributed by atoms with Crippen LogP contribution in [0.3, 0.4) is 0 Å². The van der Waals surface area contributed by atoms with Gasteiger partial charge in [-0.2, -0.15) is 4.98 Å². The number of carbonyl (C=O) groups excluding carboxylic acids is 1. The van der Waals surface area contributed by atoms with Gasteiger partial charge in [-0.05, 0) is 43.5 Å². The molecule has 8 heteroatoms. The molecule has 0 saturated heterocycles. The third kappa shape index (κ3) is 4.55. The molecule has 2 aromatic heterocycles. The van der Waals surface area contributed by atoms with Crippen LogP contribution in [-0.4, -0.2) is 27.6 Å². The highest BCUT2D eigenvalue weighted by atomic mass is 32.1. The molecule has 0 unspecified atom stereocenters. The number of hydrogen-bond donors (Lipinski definition) is 0. The zero-order valence-electron chi connectivity index (χ0n) is 17.1. The quantitative estimate of drug-likeness (QED) is 0.440. The summed E-state index contributed by atoms with van der Waals surface area (Å²) < 4.78 is 11.6. The van der Waals surface area contributed by atoms with Crippen molar-refractivity contribution in [1.29, 1.82) is 0 Å². The number of amides is 1. The number of aromatic nitrogens is 3. The van der Waals surface area contributed by atoms with E-state index in [0.29, 0.717) is 23.4 Å². The van der Waals surface area contributed by atoms with E-state index in [1.165, 1.54) is 16.9 Å². The molecule has 0 aliphatic rings. The third-order valence-corrected chi connectivity index (χ3v) is 5.58. The van der Waals surface area contributed by atoms with Gasteiger partial charge in [0.05, 0.1) is 16.8 Å². The number of carbonyl (C=O) groups is 1. The van der Waals surface area contributed by atoms with Crippen LogP contribution in [0.25, 0.3) is 10.2 Å². The van der Waals surface area contributed by atoms with Gasteiger partial charge in [-0.3, -0.25) is 9.69 Å². The lowest BCUT2D eigenvalue weighted by molar-refractivity contribution is -0.123. The Kier molecular flexibility index (Phi) is 5.87. The van der Waals surface area contributed by atoms with Crippen molar-refractivity contribution in [3.63, 3.8) is 0 Å². The molecule has 154 valence electrons. The lowest BCUT2D eigenvalue weighted by Crippen LogP contribution is -2.33. The van der Waals surface area contributed by atoms with Gasteiger partial charge in [0.25, 0.3) is 11.8 Å². The van der Waals surface area contributed by atoms with E-state index in [4.69, 9.17) is 14.2 Å². The fourth-order valence-corrected chi connectivity index (χ4v) is 4.36. The molecule has 7 nitrogen and oxygen atoms in total. The summed E-state index contributed by atoms with van der Waals surface area (Å²) in [5.74, 6) is 0.704. The number of anilines is 1. The predicted molar refractivity (Wildman–Crippen MR) is 115 cm³/mol. The first-order valence-corrected chi connectivity index (χ1v) is 10.4. The molecule has 0 saturated carbocycles. The van der Waals surface area contributed by atoms with Crippen molar-refractivity contribution < 1.29 is 14.1 Å². The molecule has 0 aliphatic carbocycles. The van der Waals surface area contributed by atoms with Gasteiger partial charge in [0.1, 0.15) is 13.2 Å². The van der Waals surface area contributed by atoms with Crippen molar-refractivity contribution >= 4 is 32.6 Å². The van der Waals surface area contributed by atoms with Gasteiger partial charge in [0.15, 0.2) is 11.0 Å². The maximum atomic E-state index is 13.1. The van der Waals surface area contributed by atoms with Crippen molar-refractivity contribution in [3.8, 4) is 0 Å². The second-order valence-electron chi connectivity index (χ2n) is 7.12. The van der Waals surface area contributed by atoms with Gasteiger partial charge >= 0.3 is 0 Å². The van der Waals surface area contributed by atoms with Crippen LogP contribution < -0.4 is 4.90 Å². The second kappa shape index (κ2) is 8.73. The summed E-state index contributed by atoms with van der Waals surface area (Å²) in [6.45, 7) is 6.23. The number of fused-ring (bicyclic) bond motifs is 1. The number of hydrogen-bond acceptors (Lipinski definition) is 7. The SMILES string of the molecule is Cc1cc(C)c2nc(N(Cc3ccccc3)C(=O)COCc3nc(C)no3)sc2c1. The minimum absolute atomic E-state index is 0.0872. The minimum atomic E-state index is -0.177. The molecule has 30 heavy (non-hydrogen) atoms. The van der Waals surface area contributed by atoms with Crippen LogP contribution in [0.1, 0.15) is 28.4 Å². The maximum absolute atomic E-state index is 13.1. The Hall–Kier alpha value is -3.10. The molecule has 0 bridgehead atoms. The highest BCUT2D eigenvalue weighted by molar-refractivity contribution is 7.22. The predicted octanol–water partition coefficient (Wildman–Crippen LogP) is 4.35. The Bertz CT molecular complexity index is 1170. The van der Waals surface area contributed by atoms with Crippen LogP contribution in [-0.2, 0) is 22.7 Å². The van der Waals surface area contributed by atoms with Crippen molar-refractivity contribution in [2.24, 2.45) is 0 Å². The molecule has 2 aromatic carbocycles. The van der Waals surface area contributed by atoms with E-state index < -0.39 is 0 Å². The average Bonchev–Trinajstić information content (AvgIpc) is 3.33. The number of thiazole rings is 1. The Labute approximate surface area is 178 Å². The Morgan fingerprint density at radius 1 is 1.13 bits per heavy atom. The van der Waals surface area contributed by atoms with Gasteiger partial charge in [-0.15, -0.1) is 0 Å². The van der Waals surface area contributed by atoms with Gasteiger partial charge in [0, 0.05) is 0 Å². The third-order valence-electron chi connectivity index (χ3n) is 4.55. The topological polar surface area (TPSA) is 81.4 Å². The summed E-state index contributed by atoms with van der Waals surface area (Å²) in [5.41, 5.74) is 4.22. The summed E-state index contributed by atoms with van der Waals surface area (Å²) in [5, 5.41) is 4.38. The lowest BCUT2D eigenvalue weighted by Gasteiger charge is -2.20. The van der Waals surface area contributed by atoms with Gasteiger partial charge in [0.2, 0.25) is 0 Å². The molecule has 2 heterocycles. The molecular formula is C22H22N4O3S. The van der Waals surface area contributed by atoms with Crippen molar-refractivity contribution in [1.82, 2.24) is 15.1 Å². The molecule has 0 spiro atoms. The van der Waals surface area contributed by atoms with Gasteiger partial charge in [-0.25, -0.2) is 4.98 Å². The van der Waals surface area contributed by atoms with E-state index in [1.807, 2.05) is 37.3 Å². The summed E-state index contributed by atoms with van der Waals surface area (Å²) >= 11 is 1.51. The van der Waals surface area contributed by atoms with E-state index in [0.717, 1.165) is 21.3 Å². The van der Waals surface area contributed by atoms with Crippen molar-refractivity contribution in [2.45, 2.75) is 33.9 Å². The first-order valence-electron chi connectivity index (χ1n) is 9.58. The van der Waals surface area contributed by atoms with Crippen LogP contribution in [0.5, 0.6) is 0 Å². The smallest absolute Gasteiger partial charge is 0.255 e. The van der Waals surface area contributed by atoms with E-state index in [9.17, 15) is 4.79 Å². The largest absolute Gasteiger partial charge is 0.362 e. The molecule has 0 atom stereocenters. The van der Waals surface area contributed by atoms with E-state index >= 15 is 0 Å². The van der Waals surface area contributed by atoms with Gasteiger partial charge in [-0.1, -0.05) is 52.9 Å². The summed E-state index contributed by atoms with van der Waals surface area (Å²) in [4.78, 5) is 23.6. The Balaban J connectivity index is 1.57. The second-order valence-corrected chi connectivity index (χ2v) is 8.13. The number of nitrogens with zero attached hydrogens (tertiary/aromatic N) is 4. The highest BCUT2D eigenvalue weighted by Crippen LogP contribution is 2.32. The summed E-state index contributed by atoms with van der Waals surface area (Å²) in [6.07, 6.45) is 0. The van der Waals surface area contributed by atoms with Crippen LogP contribution in [0, 0.1) is 20.8 Å². The number of aryl methyl sites for hydroxylation is 3. The van der Waals surface area contributed by atoms with Crippen LogP contribution in [0.15, 0.2) is 47.0 Å².